The van der Waals surface area contributed by atoms with Crippen LogP contribution in [0, 0.1) is 18.3 Å². The third-order valence-electron chi connectivity index (χ3n) is 2.53. The zero-order chi connectivity index (χ0) is 13.6. The summed E-state index contributed by atoms with van der Waals surface area (Å²) >= 11 is 0. The Kier molecular flexibility index (Phi) is 5.28. The zero-order valence-electron chi connectivity index (χ0n) is 10.1. The highest BCUT2D eigenvalue weighted by molar-refractivity contribution is 7.85. The second kappa shape index (κ2) is 6.50. The van der Waals surface area contributed by atoms with Crippen molar-refractivity contribution in [2.45, 2.75) is 30.7 Å². The molecule has 2 N–H and O–H groups in total. The molecule has 2 rings (SSSR count). The second-order valence-corrected chi connectivity index (χ2v) is 5.49. The molecule has 0 radical (unpaired) electrons. The van der Waals surface area contributed by atoms with Crippen molar-refractivity contribution >= 4 is 10.1 Å². The average Bonchev–Trinajstić information content (AvgIpc) is 2.82. The van der Waals surface area contributed by atoms with Gasteiger partial charge in [-0.3, -0.25) is 4.55 Å². The van der Waals surface area contributed by atoms with Gasteiger partial charge in [0.2, 0.25) is 0 Å². The van der Waals surface area contributed by atoms with E-state index in [1.54, 1.807) is 12.1 Å². The van der Waals surface area contributed by atoms with Crippen LogP contribution in [0.15, 0.2) is 29.2 Å². The highest BCUT2D eigenvalue weighted by Crippen LogP contribution is 2.08. The van der Waals surface area contributed by atoms with Crippen molar-refractivity contribution in [2.24, 2.45) is 0 Å². The first kappa shape index (κ1) is 14.6. The van der Waals surface area contributed by atoms with Crippen LogP contribution in [0.5, 0.6) is 0 Å². The lowest BCUT2D eigenvalue weighted by Crippen LogP contribution is -2.18. The van der Waals surface area contributed by atoms with Gasteiger partial charge in [-0.05, 0) is 38.4 Å². The summed E-state index contributed by atoms with van der Waals surface area (Å²) in [7, 11) is -4.02. The van der Waals surface area contributed by atoms with E-state index in [2.05, 4.69) is 11.4 Å². The number of nitriles is 1. The van der Waals surface area contributed by atoms with Gasteiger partial charge in [0.1, 0.15) is 0 Å². The number of benzene rings is 1. The number of hydrogen-bond acceptors (Lipinski definition) is 4. The van der Waals surface area contributed by atoms with Gasteiger partial charge in [0.15, 0.2) is 0 Å². The number of aryl methyl sites for hydroxylation is 1. The van der Waals surface area contributed by atoms with E-state index in [4.69, 9.17) is 9.81 Å². The lowest BCUT2D eigenvalue weighted by molar-refractivity contribution is 0.483. The quantitative estimate of drug-likeness (QED) is 0.753. The topological polar surface area (TPSA) is 90.2 Å². The summed E-state index contributed by atoms with van der Waals surface area (Å²) in [6, 6.07) is 8.29. The molecule has 1 heterocycles. The Labute approximate surface area is 107 Å². The van der Waals surface area contributed by atoms with Crippen molar-refractivity contribution in [2.75, 3.05) is 6.54 Å². The smallest absolute Gasteiger partial charge is 0.294 e. The Morgan fingerprint density at radius 2 is 2.00 bits per heavy atom. The number of nitrogens with one attached hydrogen (secondary N) is 1. The van der Waals surface area contributed by atoms with E-state index in [0.29, 0.717) is 0 Å². The summed E-state index contributed by atoms with van der Waals surface area (Å²) in [5.74, 6) is 0. The normalized spacial score (nSPS) is 18.6. The number of nitrogens with zero attached hydrogens (tertiary/aromatic N) is 1. The minimum absolute atomic E-state index is 0.0666. The average molecular weight is 268 g/mol. The standard InChI is InChI=1S/C7H8O3S.C5H8N2/c1-6-2-4-7(5-3-6)11(8,9)10;6-4-5-2-1-3-7-5/h2-5H,1H3,(H,8,9,10);5,7H,1-3H2/t;5-/m.0/s1. The Morgan fingerprint density at radius 3 is 2.33 bits per heavy atom. The van der Waals surface area contributed by atoms with Crippen LogP contribution >= 0.6 is 0 Å². The first-order valence-corrected chi connectivity index (χ1v) is 7.04. The van der Waals surface area contributed by atoms with Crippen LogP contribution in [0.4, 0.5) is 0 Å². The third-order valence-corrected chi connectivity index (χ3v) is 3.40. The SMILES string of the molecule is Cc1ccc(S(=O)(=O)O)cc1.N#C[C@@H]1CCCN1. The van der Waals surface area contributed by atoms with Gasteiger partial charge in [-0.2, -0.15) is 13.7 Å². The highest BCUT2D eigenvalue weighted by Gasteiger charge is 2.10. The molecule has 1 fully saturated rings. The zero-order valence-corrected chi connectivity index (χ0v) is 10.9. The monoisotopic (exact) mass is 268 g/mol. The van der Waals surface area contributed by atoms with Crippen LogP contribution in [-0.4, -0.2) is 25.6 Å². The highest BCUT2D eigenvalue weighted by atomic mass is 32.2. The fourth-order valence-electron chi connectivity index (χ4n) is 1.50. The maximum Gasteiger partial charge on any atom is 0.294 e. The maximum atomic E-state index is 10.5. The molecule has 0 aliphatic carbocycles. The largest absolute Gasteiger partial charge is 0.302 e. The van der Waals surface area contributed by atoms with Gasteiger partial charge < -0.3 is 5.32 Å². The van der Waals surface area contributed by atoms with Crippen molar-refractivity contribution in [3.05, 3.63) is 29.8 Å². The molecular formula is C12H16N2O3S. The van der Waals surface area contributed by atoms with Gasteiger partial charge in [0.05, 0.1) is 17.0 Å². The first-order valence-electron chi connectivity index (χ1n) is 5.60. The minimum atomic E-state index is -4.02. The van der Waals surface area contributed by atoms with E-state index in [0.717, 1.165) is 24.9 Å². The molecule has 18 heavy (non-hydrogen) atoms. The summed E-state index contributed by atoms with van der Waals surface area (Å²) in [6.45, 7) is 2.87. The van der Waals surface area contributed by atoms with Crippen molar-refractivity contribution in [3.8, 4) is 6.07 Å². The predicted octanol–water partition coefficient (Wildman–Crippen LogP) is 1.50. The molecule has 0 spiro atoms. The second-order valence-electron chi connectivity index (χ2n) is 4.07. The van der Waals surface area contributed by atoms with Crippen molar-refractivity contribution < 1.29 is 13.0 Å². The minimum Gasteiger partial charge on any atom is -0.302 e. The Bertz CT molecular complexity index is 511. The number of hydrogen-bond donors (Lipinski definition) is 2. The predicted molar refractivity (Wildman–Crippen MR) is 67.6 cm³/mol. The summed E-state index contributed by atoms with van der Waals surface area (Å²) in [5, 5.41) is 11.3. The fourth-order valence-corrected chi connectivity index (χ4v) is 1.98. The van der Waals surface area contributed by atoms with Crippen LogP contribution < -0.4 is 5.32 Å². The van der Waals surface area contributed by atoms with Crippen LogP contribution in [0.2, 0.25) is 0 Å². The molecule has 1 aliphatic rings. The van der Waals surface area contributed by atoms with Gasteiger partial charge in [-0.15, -0.1) is 0 Å². The van der Waals surface area contributed by atoms with E-state index in [1.165, 1.54) is 12.1 Å². The Hall–Kier alpha value is -1.42. The molecule has 1 aliphatic heterocycles. The van der Waals surface area contributed by atoms with Crippen molar-refractivity contribution in [1.82, 2.24) is 5.32 Å². The molecule has 5 nitrogen and oxygen atoms in total. The van der Waals surface area contributed by atoms with E-state index in [1.807, 2.05) is 6.92 Å². The lowest BCUT2D eigenvalue weighted by Gasteiger charge is -1.95. The van der Waals surface area contributed by atoms with Gasteiger partial charge >= 0.3 is 0 Å². The molecule has 0 aromatic heterocycles. The summed E-state index contributed by atoms with van der Waals surface area (Å²) in [6.07, 6.45) is 2.20. The van der Waals surface area contributed by atoms with E-state index < -0.39 is 10.1 Å². The van der Waals surface area contributed by atoms with Gasteiger partial charge in [-0.25, -0.2) is 0 Å². The van der Waals surface area contributed by atoms with E-state index in [-0.39, 0.29) is 10.9 Å². The summed E-state index contributed by atoms with van der Waals surface area (Å²) in [5.41, 5.74) is 0.956. The van der Waals surface area contributed by atoms with Gasteiger partial charge in [-0.1, -0.05) is 17.7 Å². The molecule has 98 valence electrons. The number of rotatable bonds is 1. The van der Waals surface area contributed by atoms with E-state index in [9.17, 15) is 8.42 Å². The summed E-state index contributed by atoms with van der Waals surface area (Å²) in [4.78, 5) is -0.0666. The molecule has 1 aromatic carbocycles. The fraction of sp³-hybridized carbons (Fsp3) is 0.417. The maximum absolute atomic E-state index is 10.5. The van der Waals surface area contributed by atoms with Gasteiger partial charge in [0.25, 0.3) is 10.1 Å². The molecular weight excluding hydrogens is 252 g/mol. The van der Waals surface area contributed by atoms with Crippen LogP contribution in [-0.2, 0) is 10.1 Å². The summed E-state index contributed by atoms with van der Waals surface area (Å²) < 4.78 is 29.6. The molecule has 0 saturated carbocycles. The van der Waals surface area contributed by atoms with Crippen LogP contribution in [0.3, 0.4) is 0 Å². The Balaban J connectivity index is 0.000000199. The Morgan fingerprint density at radius 1 is 1.39 bits per heavy atom. The molecule has 1 atom stereocenters. The molecule has 1 saturated heterocycles. The lowest BCUT2D eigenvalue weighted by atomic mass is 10.2. The molecule has 0 amide bonds. The van der Waals surface area contributed by atoms with Crippen molar-refractivity contribution in [1.29, 1.82) is 5.26 Å². The van der Waals surface area contributed by atoms with E-state index >= 15 is 0 Å². The first-order chi connectivity index (χ1) is 8.43. The third kappa shape index (κ3) is 4.84. The van der Waals surface area contributed by atoms with Crippen LogP contribution in [0.25, 0.3) is 0 Å². The molecule has 0 unspecified atom stereocenters. The van der Waals surface area contributed by atoms with Crippen LogP contribution in [0.1, 0.15) is 18.4 Å². The molecule has 6 heteroatoms. The molecule has 1 aromatic rings. The van der Waals surface area contributed by atoms with Crippen molar-refractivity contribution in [3.63, 3.8) is 0 Å². The molecule has 0 bridgehead atoms. The van der Waals surface area contributed by atoms with Gasteiger partial charge in [0, 0.05) is 0 Å².